The third-order valence-corrected chi connectivity index (χ3v) is 2.96. The van der Waals surface area contributed by atoms with Crippen molar-refractivity contribution in [2.24, 2.45) is 5.73 Å². The summed E-state index contributed by atoms with van der Waals surface area (Å²) in [5.74, 6) is 1.06. The van der Waals surface area contributed by atoms with Crippen molar-refractivity contribution in [1.82, 2.24) is 0 Å². The van der Waals surface area contributed by atoms with E-state index in [1.54, 1.807) is 0 Å². The van der Waals surface area contributed by atoms with E-state index in [0.717, 1.165) is 5.56 Å². The zero-order valence-electron chi connectivity index (χ0n) is 10.1. The Morgan fingerprint density at radius 3 is 2.76 bits per heavy atom. The van der Waals surface area contributed by atoms with E-state index in [1.807, 2.05) is 18.2 Å². The Kier molecular flexibility index (Phi) is 4.54. The maximum absolute atomic E-state index is 12.0. The Balaban J connectivity index is 0.00000144. The molecule has 0 spiro atoms. The number of hydrogen-bond acceptors (Lipinski definition) is 3. The number of benzene rings is 1. The molecular weight excluding hydrogens is 238 g/mol. The van der Waals surface area contributed by atoms with Gasteiger partial charge in [-0.2, -0.15) is 0 Å². The minimum absolute atomic E-state index is 0. The van der Waals surface area contributed by atoms with E-state index in [2.05, 4.69) is 13.8 Å². The minimum Gasteiger partial charge on any atom is -0.493 e. The van der Waals surface area contributed by atoms with Crippen molar-refractivity contribution in [1.29, 1.82) is 0 Å². The molecule has 1 aromatic rings. The number of carbonyl (C=O) groups excluding carboxylic acids is 1. The van der Waals surface area contributed by atoms with Crippen molar-refractivity contribution >= 4 is 18.2 Å². The molecule has 4 heteroatoms. The van der Waals surface area contributed by atoms with E-state index >= 15 is 0 Å². The lowest BCUT2D eigenvalue weighted by atomic mass is 9.96. The Hall–Kier alpha value is -1.06. The molecule has 17 heavy (non-hydrogen) atoms. The van der Waals surface area contributed by atoms with Crippen molar-refractivity contribution in [3.8, 4) is 5.75 Å². The summed E-state index contributed by atoms with van der Waals surface area (Å²) in [6, 6.07) is 5.37. The van der Waals surface area contributed by atoms with E-state index in [0.29, 0.717) is 30.3 Å². The van der Waals surface area contributed by atoms with Gasteiger partial charge >= 0.3 is 0 Å². The van der Waals surface area contributed by atoms with Gasteiger partial charge in [0.25, 0.3) is 0 Å². The van der Waals surface area contributed by atoms with Crippen molar-refractivity contribution < 1.29 is 9.53 Å². The van der Waals surface area contributed by atoms with Crippen molar-refractivity contribution in [2.75, 3.05) is 6.61 Å². The SMILES string of the molecule is CC(C)c1ccc2c(c1)C(=O)C(N)CCO2.Cl. The fraction of sp³-hybridized carbons (Fsp3) is 0.462. The van der Waals surface area contributed by atoms with Gasteiger partial charge in [0.05, 0.1) is 18.2 Å². The third kappa shape index (κ3) is 2.79. The van der Waals surface area contributed by atoms with E-state index in [9.17, 15) is 4.79 Å². The molecule has 0 amide bonds. The first kappa shape index (κ1) is 14.0. The normalized spacial score (nSPS) is 19.1. The molecule has 0 aromatic heterocycles. The summed E-state index contributed by atoms with van der Waals surface area (Å²) in [4.78, 5) is 12.0. The van der Waals surface area contributed by atoms with E-state index < -0.39 is 6.04 Å². The number of nitrogens with two attached hydrogens (primary N) is 1. The van der Waals surface area contributed by atoms with Gasteiger partial charge in [-0.05, 0) is 23.6 Å². The predicted octanol–water partition coefficient (Wildman–Crippen LogP) is 2.52. The topological polar surface area (TPSA) is 52.3 Å². The van der Waals surface area contributed by atoms with Crippen LogP contribution in [0.1, 0.15) is 42.1 Å². The highest BCUT2D eigenvalue weighted by Crippen LogP contribution is 2.27. The quantitative estimate of drug-likeness (QED) is 0.839. The first-order valence-corrected chi connectivity index (χ1v) is 5.66. The molecule has 0 aliphatic carbocycles. The number of rotatable bonds is 1. The summed E-state index contributed by atoms with van der Waals surface area (Å²) in [5.41, 5.74) is 7.57. The molecule has 0 bridgehead atoms. The second-order valence-corrected chi connectivity index (χ2v) is 4.52. The Bertz CT molecular complexity index is 418. The van der Waals surface area contributed by atoms with Crippen molar-refractivity contribution in [3.63, 3.8) is 0 Å². The minimum atomic E-state index is -0.427. The zero-order chi connectivity index (χ0) is 11.7. The van der Waals surface area contributed by atoms with Gasteiger partial charge in [0.2, 0.25) is 0 Å². The lowest BCUT2D eigenvalue weighted by molar-refractivity contribution is 0.0960. The molecule has 0 saturated carbocycles. The lowest BCUT2D eigenvalue weighted by Gasteiger charge is -2.11. The molecule has 0 saturated heterocycles. The van der Waals surface area contributed by atoms with Crippen LogP contribution in [-0.2, 0) is 0 Å². The summed E-state index contributed by atoms with van der Waals surface area (Å²) >= 11 is 0. The van der Waals surface area contributed by atoms with Crippen LogP contribution in [0.3, 0.4) is 0 Å². The fourth-order valence-electron chi connectivity index (χ4n) is 1.85. The van der Waals surface area contributed by atoms with E-state index in [4.69, 9.17) is 10.5 Å². The molecular formula is C13H18ClNO2. The third-order valence-electron chi connectivity index (χ3n) is 2.96. The van der Waals surface area contributed by atoms with Gasteiger partial charge in [0.1, 0.15) is 5.75 Å². The summed E-state index contributed by atoms with van der Waals surface area (Å²) in [6.07, 6.45) is 0.588. The van der Waals surface area contributed by atoms with Crippen LogP contribution in [-0.4, -0.2) is 18.4 Å². The molecule has 2 N–H and O–H groups in total. The number of Topliss-reactive ketones (excluding diaryl/α,β-unsaturated/α-hetero) is 1. The summed E-state index contributed by atoms with van der Waals surface area (Å²) in [5, 5.41) is 0. The van der Waals surface area contributed by atoms with Crippen molar-refractivity contribution in [2.45, 2.75) is 32.2 Å². The van der Waals surface area contributed by atoms with Crippen LogP contribution in [0, 0.1) is 0 Å². The molecule has 1 atom stereocenters. The van der Waals surface area contributed by atoms with Crippen LogP contribution in [0.4, 0.5) is 0 Å². The predicted molar refractivity (Wildman–Crippen MR) is 70.2 cm³/mol. The standard InChI is InChI=1S/C13H17NO2.ClH/c1-8(2)9-3-4-12-10(7-9)13(15)11(14)5-6-16-12;/h3-4,7-8,11H,5-6,14H2,1-2H3;1H. The van der Waals surface area contributed by atoms with Crippen molar-refractivity contribution in [3.05, 3.63) is 29.3 Å². The summed E-state index contributed by atoms with van der Waals surface area (Å²) in [7, 11) is 0. The molecule has 3 nitrogen and oxygen atoms in total. The Morgan fingerprint density at radius 2 is 2.12 bits per heavy atom. The average molecular weight is 256 g/mol. The number of ether oxygens (including phenoxy) is 1. The zero-order valence-corrected chi connectivity index (χ0v) is 10.9. The maximum atomic E-state index is 12.0. The maximum Gasteiger partial charge on any atom is 0.183 e. The first-order valence-electron chi connectivity index (χ1n) is 5.66. The Labute approximate surface area is 108 Å². The van der Waals surface area contributed by atoms with Gasteiger partial charge in [-0.3, -0.25) is 4.79 Å². The van der Waals surface area contributed by atoms with E-state index in [-0.39, 0.29) is 18.2 Å². The molecule has 1 unspecified atom stereocenters. The first-order chi connectivity index (χ1) is 7.59. The molecule has 94 valence electrons. The number of hydrogen-bond donors (Lipinski definition) is 1. The number of halogens is 1. The van der Waals surface area contributed by atoms with Gasteiger partial charge in [-0.15, -0.1) is 12.4 Å². The summed E-state index contributed by atoms with van der Waals surface area (Å²) < 4.78 is 5.52. The number of carbonyl (C=O) groups is 1. The molecule has 1 aliphatic heterocycles. The van der Waals surface area contributed by atoms with Gasteiger partial charge < -0.3 is 10.5 Å². The highest BCUT2D eigenvalue weighted by molar-refractivity contribution is 6.02. The lowest BCUT2D eigenvalue weighted by Crippen LogP contribution is -2.30. The van der Waals surface area contributed by atoms with Crippen LogP contribution < -0.4 is 10.5 Å². The molecule has 1 aliphatic rings. The fourth-order valence-corrected chi connectivity index (χ4v) is 1.85. The second kappa shape index (κ2) is 5.52. The van der Waals surface area contributed by atoms with Gasteiger partial charge in [0, 0.05) is 6.42 Å². The molecule has 2 rings (SSSR count). The van der Waals surface area contributed by atoms with Crippen LogP contribution in [0.25, 0.3) is 0 Å². The van der Waals surface area contributed by atoms with Crippen LogP contribution in [0.5, 0.6) is 5.75 Å². The Morgan fingerprint density at radius 1 is 1.41 bits per heavy atom. The monoisotopic (exact) mass is 255 g/mol. The molecule has 1 aromatic carbocycles. The number of fused-ring (bicyclic) bond motifs is 1. The largest absolute Gasteiger partial charge is 0.493 e. The highest BCUT2D eigenvalue weighted by Gasteiger charge is 2.23. The molecule has 1 heterocycles. The molecule has 0 radical (unpaired) electrons. The van der Waals surface area contributed by atoms with Crippen LogP contribution >= 0.6 is 12.4 Å². The molecule has 0 fully saturated rings. The average Bonchev–Trinajstić information content (AvgIpc) is 2.40. The van der Waals surface area contributed by atoms with Crippen LogP contribution in [0.2, 0.25) is 0 Å². The van der Waals surface area contributed by atoms with Crippen LogP contribution in [0.15, 0.2) is 18.2 Å². The highest BCUT2D eigenvalue weighted by atomic mass is 35.5. The van der Waals surface area contributed by atoms with Gasteiger partial charge in [-0.25, -0.2) is 0 Å². The smallest absolute Gasteiger partial charge is 0.183 e. The number of ketones is 1. The second-order valence-electron chi connectivity index (χ2n) is 4.52. The van der Waals surface area contributed by atoms with Gasteiger partial charge in [0.15, 0.2) is 5.78 Å². The van der Waals surface area contributed by atoms with Gasteiger partial charge in [-0.1, -0.05) is 19.9 Å². The summed E-state index contributed by atoms with van der Waals surface area (Å²) in [6.45, 7) is 4.72. The van der Waals surface area contributed by atoms with E-state index in [1.165, 1.54) is 0 Å².